The molecular weight excluding hydrogens is 441 g/mol. The summed E-state index contributed by atoms with van der Waals surface area (Å²) in [5, 5.41) is 14.8. The smallest absolute Gasteiger partial charge is 0.325 e. The van der Waals surface area contributed by atoms with E-state index in [1.165, 1.54) is 26.1 Å². The molecule has 34 heavy (non-hydrogen) atoms. The van der Waals surface area contributed by atoms with E-state index in [0.29, 0.717) is 33.8 Å². The standard InChI is InChI=1S/C25H26FN3O5/c1-13(25(32)33)28-21(30)12-29(3)19-11-20-18(10-17(19)14-4-5-14)22(24(31)27-2)23(34-20)15-6-8-16(26)9-7-15/h6-11,13-14H,4-5,12H2,1-3H3,(H,27,31)(H,28,30)(H,32,33). The number of carbonyl (C=O) groups excluding carboxylic acids is 2. The van der Waals surface area contributed by atoms with Gasteiger partial charge in [-0.15, -0.1) is 0 Å². The van der Waals surface area contributed by atoms with Crippen LogP contribution in [0.3, 0.4) is 0 Å². The van der Waals surface area contributed by atoms with Gasteiger partial charge in [0, 0.05) is 36.8 Å². The van der Waals surface area contributed by atoms with E-state index in [4.69, 9.17) is 9.52 Å². The van der Waals surface area contributed by atoms with Gasteiger partial charge in [-0.25, -0.2) is 4.39 Å². The molecule has 1 fully saturated rings. The monoisotopic (exact) mass is 467 g/mol. The number of nitrogens with one attached hydrogen (secondary N) is 2. The van der Waals surface area contributed by atoms with Gasteiger partial charge in [-0.2, -0.15) is 0 Å². The van der Waals surface area contributed by atoms with Crippen LogP contribution in [0.2, 0.25) is 0 Å². The fourth-order valence-electron chi connectivity index (χ4n) is 4.01. The first-order valence-electron chi connectivity index (χ1n) is 11.0. The van der Waals surface area contributed by atoms with Crippen molar-refractivity contribution in [1.82, 2.24) is 10.6 Å². The highest BCUT2D eigenvalue weighted by Crippen LogP contribution is 2.47. The van der Waals surface area contributed by atoms with E-state index in [1.54, 1.807) is 30.1 Å². The summed E-state index contributed by atoms with van der Waals surface area (Å²) in [5.41, 5.74) is 3.17. The Bertz CT molecular complexity index is 1260. The third-order valence-corrected chi connectivity index (χ3v) is 5.95. The van der Waals surface area contributed by atoms with E-state index in [-0.39, 0.29) is 12.5 Å². The van der Waals surface area contributed by atoms with Crippen molar-refractivity contribution in [1.29, 1.82) is 0 Å². The zero-order valence-corrected chi connectivity index (χ0v) is 19.1. The molecule has 1 heterocycles. The second-order valence-corrected chi connectivity index (χ2v) is 8.56. The third kappa shape index (κ3) is 4.59. The zero-order chi connectivity index (χ0) is 24.6. The molecule has 3 aromatic rings. The largest absolute Gasteiger partial charge is 0.480 e. The average Bonchev–Trinajstić information content (AvgIpc) is 3.58. The van der Waals surface area contributed by atoms with Crippen molar-refractivity contribution in [2.24, 2.45) is 0 Å². The van der Waals surface area contributed by atoms with Gasteiger partial charge < -0.3 is 25.1 Å². The van der Waals surface area contributed by atoms with Crippen LogP contribution < -0.4 is 15.5 Å². The summed E-state index contributed by atoms with van der Waals surface area (Å²) in [6.07, 6.45) is 1.99. The molecule has 0 spiro atoms. The van der Waals surface area contributed by atoms with E-state index in [9.17, 15) is 18.8 Å². The summed E-state index contributed by atoms with van der Waals surface area (Å²) in [5.74, 6) is -1.60. The minimum atomic E-state index is -1.11. The summed E-state index contributed by atoms with van der Waals surface area (Å²) in [6, 6.07) is 8.46. The molecule has 2 amide bonds. The van der Waals surface area contributed by atoms with Crippen LogP contribution in [0.1, 0.15) is 41.6 Å². The molecule has 3 N–H and O–H groups in total. The number of likely N-dealkylation sites (N-methyl/N-ethyl adjacent to an activating group) is 1. The van der Waals surface area contributed by atoms with Crippen LogP contribution in [0, 0.1) is 5.82 Å². The minimum Gasteiger partial charge on any atom is -0.480 e. The Hall–Kier alpha value is -3.88. The fourth-order valence-corrected chi connectivity index (χ4v) is 4.01. The van der Waals surface area contributed by atoms with Gasteiger partial charge in [0.05, 0.1) is 12.1 Å². The maximum atomic E-state index is 13.5. The Morgan fingerprint density at radius 1 is 1.21 bits per heavy atom. The molecule has 8 nitrogen and oxygen atoms in total. The lowest BCUT2D eigenvalue weighted by molar-refractivity contribution is -0.141. The highest BCUT2D eigenvalue weighted by atomic mass is 19.1. The average molecular weight is 467 g/mol. The van der Waals surface area contributed by atoms with E-state index in [2.05, 4.69) is 10.6 Å². The van der Waals surface area contributed by atoms with Crippen LogP contribution in [0.4, 0.5) is 10.1 Å². The van der Waals surface area contributed by atoms with Crippen LogP contribution in [0.25, 0.3) is 22.3 Å². The molecule has 1 aliphatic carbocycles. The molecule has 0 bridgehead atoms. The van der Waals surface area contributed by atoms with Gasteiger partial charge in [-0.05, 0) is 61.6 Å². The lowest BCUT2D eigenvalue weighted by Gasteiger charge is -2.23. The summed E-state index contributed by atoms with van der Waals surface area (Å²) in [7, 11) is 3.29. The predicted octanol–water partition coefficient (Wildman–Crippen LogP) is 3.50. The Balaban J connectivity index is 1.77. The number of carboxylic acid groups (broad SMARTS) is 1. The first kappa shape index (κ1) is 23.3. The normalized spacial score (nSPS) is 14.0. The van der Waals surface area contributed by atoms with Crippen LogP contribution in [-0.4, -0.2) is 49.6 Å². The molecule has 0 saturated heterocycles. The van der Waals surface area contributed by atoms with Gasteiger partial charge in [0.1, 0.15) is 23.2 Å². The molecule has 1 aliphatic rings. The Morgan fingerprint density at radius 3 is 2.47 bits per heavy atom. The molecule has 1 atom stereocenters. The van der Waals surface area contributed by atoms with Crippen LogP contribution in [0.5, 0.6) is 0 Å². The molecule has 4 rings (SSSR count). The molecule has 9 heteroatoms. The summed E-state index contributed by atoms with van der Waals surface area (Å²) in [4.78, 5) is 38.0. The number of carboxylic acids is 1. The minimum absolute atomic E-state index is 0.0450. The molecule has 2 aromatic carbocycles. The molecule has 1 saturated carbocycles. The maximum Gasteiger partial charge on any atom is 0.325 e. The lowest BCUT2D eigenvalue weighted by atomic mass is 10.00. The number of hydrogen-bond donors (Lipinski definition) is 3. The van der Waals surface area contributed by atoms with Crippen LogP contribution in [-0.2, 0) is 9.59 Å². The van der Waals surface area contributed by atoms with E-state index in [1.807, 2.05) is 6.07 Å². The van der Waals surface area contributed by atoms with E-state index < -0.39 is 23.7 Å². The quantitative estimate of drug-likeness (QED) is 0.468. The zero-order valence-electron chi connectivity index (χ0n) is 19.1. The topological polar surface area (TPSA) is 112 Å². The summed E-state index contributed by atoms with van der Waals surface area (Å²) >= 11 is 0. The number of anilines is 1. The molecule has 1 aromatic heterocycles. The number of rotatable bonds is 8. The first-order chi connectivity index (χ1) is 16.2. The Labute approximate surface area is 195 Å². The number of halogens is 1. The number of hydrogen-bond acceptors (Lipinski definition) is 5. The molecule has 1 unspecified atom stereocenters. The molecule has 178 valence electrons. The SMILES string of the molecule is CNC(=O)c1c(-c2ccc(F)cc2)oc2cc(N(C)CC(=O)NC(C)C(=O)O)c(C3CC3)cc12. The number of carbonyl (C=O) groups is 3. The maximum absolute atomic E-state index is 13.5. The Morgan fingerprint density at radius 2 is 1.88 bits per heavy atom. The van der Waals surface area contributed by atoms with Gasteiger partial charge in [-0.3, -0.25) is 14.4 Å². The second kappa shape index (κ2) is 9.17. The van der Waals surface area contributed by atoms with Crippen molar-refractivity contribution >= 4 is 34.4 Å². The van der Waals surface area contributed by atoms with Gasteiger partial charge in [0.15, 0.2) is 0 Å². The number of benzene rings is 2. The van der Waals surface area contributed by atoms with Crippen molar-refractivity contribution in [2.75, 3.05) is 25.5 Å². The van der Waals surface area contributed by atoms with Crippen molar-refractivity contribution in [3.05, 3.63) is 53.3 Å². The fraction of sp³-hybridized carbons (Fsp3) is 0.320. The highest BCUT2D eigenvalue weighted by Gasteiger charge is 2.31. The van der Waals surface area contributed by atoms with Gasteiger partial charge >= 0.3 is 5.97 Å². The second-order valence-electron chi connectivity index (χ2n) is 8.56. The van der Waals surface area contributed by atoms with Crippen molar-refractivity contribution in [3.63, 3.8) is 0 Å². The summed E-state index contributed by atoms with van der Waals surface area (Å²) in [6.45, 7) is 1.36. The molecular formula is C25H26FN3O5. The number of aliphatic carboxylic acids is 1. The number of amides is 2. The van der Waals surface area contributed by atoms with Crippen molar-refractivity contribution in [2.45, 2.75) is 31.7 Å². The van der Waals surface area contributed by atoms with Gasteiger partial charge in [0.2, 0.25) is 5.91 Å². The van der Waals surface area contributed by atoms with E-state index in [0.717, 1.165) is 24.1 Å². The summed E-state index contributed by atoms with van der Waals surface area (Å²) < 4.78 is 19.6. The Kier molecular flexibility index (Phi) is 6.28. The number of nitrogens with zero attached hydrogens (tertiary/aromatic N) is 1. The van der Waals surface area contributed by atoms with Crippen LogP contribution in [0.15, 0.2) is 40.8 Å². The molecule has 0 aliphatic heterocycles. The first-order valence-corrected chi connectivity index (χ1v) is 11.0. The number of furan rings is 1. The molecule has 0 radical (unpaired) electrons. The van der Waals surface area contributed by atoms with E-state index >= 15 is 0 Å². The highest BCUT2D eigenvalue weighted by molar-refractivity contribution is 6.12. The van der Waals surface area contributed by atoms with Crippen LogP contribution >= 0.6 is 0 Å². The van der Waals surface area contributed by atoms with Crippen molar-refractivity contribution in [3.8, 4) is 11.3 Å². The number of fused-ring (bicyclic) bond motifs is 1. The lowest BCUT2D eigenvalue weighted by Crippen LogP contribution is -2.43. The van der Waals surface area contributed by atoms with Gasteiger partial charge in [0.25, 0.3) is 5.91 Å². The van der Waals surface area contributed by atoms with Crippen molar-refractivity contribution < 1.29 is 28.3 Å². The predicted molar refractivity (Wildman–Crippen MR) is 125 cm³/mol. The third-order valence-electron chi connectivity index (χ3n) is 5.95. The van der Waals surface area contributed by atoms with Gasteiger partial charge in [-0.1, -0.05) is 0 Å².